The number of nitrogens with one attached hydrogen (secondary N) is 1. The largest absolute Gasteiger partial charge is 0.480 e. The summed E-state index contributed by atoms with van der Waals surface area (Å²) in [5.41, 5.74) is 0.473. The van der Waals surface area contributed by atoms with Crippen LogP contribution >= 0.6 is 0 Å². The average molecular weight is 381 g/mol. The van der Waals surface area contributed by atoms with E-state index in [4.69, 9.17) is 9.66 Å². The van der Waals surface area contributed by atoms with Gasteiger partial charge in [-0.05, 0) is 24.1 Å². The van der Waals surface area contributed by atoms with Gasteiger partial charge in [0.05, 0.1) is 5.75 Å². The van der Waals surface area contributed by atoms with Crippen LogP contribution in [0.2, 0.25) is 0 Å². The fourth-order valence-electron chi connectivity index (χ4n) is 2.36. The number of hydrogen-bond donors (Lipinski definition) is 3. The van der Waals surface area contributed by atoms with E-state index >= 15 is 0 Å². The smallest absolute Gasteiger partial charge is 0.326 e. The van der Waals surface area contributed by atoms with E-state index in [0.717, 1.165) is 0 Å². The molecule has 26 heavy (non-hydrogen) atoms. The van der Waals surface area contributed by atoms with Crippen LogP contribution in [0.15, 0.2) is 48.5 Å². The Bertz CT molecular complexity index is 928. The summed E-state index contributed by atoms with van der Waals surface area (Å²) in [5, 5.41) is 11.3. The first-order chi connectivity index (χ1) is 12.2. The van der Waals surface area contributed by atoms with Gasteiger partial charge in [-0.3, -0.25) is 9.35 Å². The Morgan fingerprint density at radius 2 is 1.62 bits per heavy atom. The van der Waals surface area contributed by atoms with Crippen LogP contribution in [0.5, 0.6) is 0 Å². The third-order valence-electron chi connectivity index (χ3n) is 3.60. The van der Waals surface area contributed by atoms with E-state index in [1.54, 1.807) is 12.1 Å². The molecule has 3 N–H and O–H groups in total. The predicted octanol–water partition coefficient (Wildman–Crippen LogP) is 1.95. The van der Waals surface area contributed by atoms with Gasteiger partial charge < -0.3 is 10.4 Å². The minimum atomic E-state index is -4.37. The van der Waals surface area contributed by atoms with Crippen molar-refractivity contribution in [2.24, 2.45) is 0 Å². The van der Waals surface area contributed by atoms with Crippen LogP contribution in [0.1, 0.15) is 16.8 Å². The third kappa shape index (κ3) is 5.11. The molecule has 0 aliphatic carbocycles. The lowest BCUT2D eigenvalue weighted by Crippen LogP contribution is -2.42. The maximum atomic E-state index is 14.0. The highest BCUT2D eigenvalue weighted by molar-refractivity contribution is 7.85. The van der Waals surface area contributed by atoms with Gasteiger partial charge >= 0.3 is 5.97 Å². The summed E-state index contributed by atoms with van der Waals surface area (Å²) in [6.45, 7) is 0. The van der Waals surface area contributed by atoms with Gasteiger partial charge in [0.25, 0.3) is 16.0 Å². The van der Waals surface area contributed by atoms with Crippen LogP contribution < -0.4 is 5.32 Å². The maximum absolute atomic E-state index is 14.0. The average Bonchev–Trinajstić information content (AvgIpc) is 2.58. The van der Waals surface area contributed by atoms with Gasteiger partial charge in [-0.1, -0.05) is 36.4 Å². The van der Waals surface area contributed by atoms with E-state index < -0.39 is 46.0 Å². The standard InChI is InChI=1S/C17H16FNO6S/c18-14-8-4-3-6-12(14)11-5-1-2-7-13(11)16(20)19-15(17(21)22)9-10-26(23,24)25/h1-8,15H,9-10H2,(H,19,20)(H,21,22)(H,23,24,25)/t15-/m0/s1. The number of carboxylic acid groups (broad SMARTS) is 1. The lowest BCUT2D eigenvalue weighted by molar-refractivity contribution is -0.139. The number of rotatable bonds is 7. The Morgan fingerprint density at radius 3 is 2.19 bits per heavy atom. The molecule has 7 nitrogen and oxygen atoms in total. The summed E-state index contributed by atoms with van der Waals surface area (Å²) >= 11 is 0. The van der Waals surface area contributed by atoms with Crippen molar-refractivity contribution < 1.29 is 32.1 Å². The normalized spacial score (nSPS) is 12.4. The number of carbonyl (C=O) groups excluding carboxylic acids is 1. The van der Waals surface area contributed by atoms with Crippen molar-refractivity contribution in [3.63, 3.8) is 0 Å². The van der Waals surface area contributed by atoms with Crippen molar-refractivity contribution in [1.29, 1.82) is 0 Å². The van der Waals surface area contributed by atoms with Crippen molar-refractivity contribution >= 4 is 22.0 Å². The third-order valence-corrected chi connectivity index (χ3v) is 4.36. The lowest BCUT2D eigenvalue weighted by Gasteiger charge is -2.16. The highest BCUT2D eigenvalue weighted by Gasteiger charge is 2.24. The SMILES string of the molecule is O=C(N[C@@H](CCS(=O)(=O)O)C(=O)O)c1ccccc1-c1ccccc1F. The zero-order valence-electron chi connectivity index (χ0n) is 13.4. The molecule has 0 aliphatic rings. The van der Waals surface area contributed by atoms with Crippen LogP contribution in [-0.2, 0) is 14.9 Å². The molecule has 2 aromatic rings. The van der Waals surface area contributed by atoms with Gasteiger partial charge in [-0.25, -0.2) is 9.18 Å². The van der Waals surface area contributed by atoms with Crippen LogP contribution in [-0.4, -0.2) is 41.7 Å². The Balaban J connectivity index is 2.29. The Kier molecular flexibility index (Phi) is 6.06. The van der Waals surface area contributed by atoms with E-state index in [9.17, 15) is 22.4 Å². The molecule has 0 spiro atoms. The first-order valence-electron chi connectivity index (χ1n) is 7.52. The molecule has 0 bridgehead atoms. The number of benzene rings is 2. The van der Waals surface area contributed by atoms with Gasteiger partial charge in [0, 0.05) is 11.1 Å². The molecule has 0 saturated carbocycles. The van der Waals surface area contributed by atoms with E-state index in [1.807, 2.05) is 0 Å². The van der Waals surface area contributed by atoms with Crippen molar-refractivity contribution in [2.45, 2.75) is 12.5 Å². The molecule has 0 fully saturated rings. The molecule has 0 unspecified atom stereocenters. The van der Waals surface area contributed by atoms with Gasteiger partial charge in [0.1, 0.15) is 11.9 Å². The van der Waals surface area contributed by atoms with E-state index in [1.165, 1.54) is 36.4 Å². The second-order valence-corrected chi connectivity index (χ2v) is 7.04. The second-order valence-electron chi connectivity index (χ2n) is 5.46. The zero-order valence-corrected chi connectivity index (χ0v) is 14.2. The molecular formula is C17H16FNO6S. The van der Waals surface area contributed by atoms with Crippen LogP contribution in [0, 0.1) is 5.82 Å². The minimum absolute atomic E-state index is 0.0377. The monoisotopic (exact) mass is 381 g/mol. The predicted molar refractivity (Wildman–Crippen MR) is 91.8 cm³/mol. The first kappa shape index (κ1) is 19.5. The highest BCUT2D eigenvalue weighted by Crippen LogP contribution is 2.26. The molecule has 0 aliphatic heterocycles. The Labute approximate surface area is 149 Å². The quantitative estimate of drug-likeness (QED) is 0.631. The fraction of sp³-hybridized carbons (Fsp3) is 0.176. The van der Waals surface area contributed by atoms with Gasteiger partial charge in [-0.15, -0.1) is 0 Å². The number of amides is 1. The van der Waals surface area contributed by atoms with Crippen molar-refractivity contribution in [3.8, 4) is 11.1 Å². The van der Waals surface area contributed by atoms with Crippen molar-refractivity contribution in [2.75, 3.05) is 5.75 Å². The molecule has 1 amide bonds. The van der Waals surface area contributed by atoms with E-state index in [2.05, 4.69) is 5.32 Å². The number of halogens is 1. The maximum Gasteiger partial charge on any atom is 0.326 e. The molecule has 138 valence electrons. The molecule has 2 aromatic carbocycles. The molecule has 9 heteroatoms. The van der Waals surface area contributed by atoms with Gasteiger partial charge in [0.2, 0.25) is 0 Å². The van der Waals surface area contributed by atoms with Crippen LogP contribution in [0.4, 0.5) is 4.39 Å². The van der Waals surface area contributed by atoms with Gasteiger partial charge in [-0.2, -0.15) is 8.42 Å². The van der Waals surface area contributed by atoms with Gasteiger partial charge in [0.15, 0.2) is 0 Å². The summed E-state index contributed by atoms with van der Waals surface area (Å²) in [4.78, 5) is 23.7. The minimum Gasteiger partial charge on any atom is -0.480 e. The molecule has 0 saturated heterocycles. The number of hydrogen-bond acceptors (Lipinski definition) is 4. The number of carbonyl (C=O) groups is 2. The summed E-state index contributed by atoms with van der Waals surface area (Å²) < 4.78 is 44.4. The Morgan fingerprint density at radius 1 is 1.04 bits per heavy atom. The lowest BCUT2D eigenvalue weighted by atomic mass is 9.98. The summed E-state index contributed by atoms with van der Waals surface area (Å²) in [7, 11) is -4.37. The van der Waals surface area contributed by atoms with Crippen molar-refractivity contribution in [3.05, 3.63) is 59.9 Å². The first-order valence-corrected chi connectivity index (χ1v) is 9.12. The zero-order chi connectivity index (χ0) is 19.3. The molecular weight excluding hydrogens is 365 g/mol. The molecule has 0 aromatic heterocycles. The summed E-state index contributed by atoms with van der Waals surface area (Å²) in [6, 6.07) is 10.3. The molecule has 0 heterocycles. The summed E-state index contributed by atoms with van der Waals surface area (Å²) in [6.07, 6.45) is -0.512. The molecule has 1 atom stereocenters. The number of aliphatic carboxylic acids is 1. The topological polar surface area (TPSA) is 121 Å². The second kappa shape index (κ2) is 8.07. The highest BCUT2D eigenvalue weighted by atomic mass is 32.2. The Hall–Kier alpha value is -2.78. The van der Waals surface area contributed by atoms with E-state index in [0.29, 0.717) is 0 Å². The molecule has 2 rings (SSSR count). The van der Waals surface area contributed by atoms with Crippen LogP contribution in [0.3, 0.4) is 0 Å². The van der Waals surface area contributed by atoms with Crippen LogP contribution in [0.25, 0.3) is 11.1 Å². The molecule has 0 radical (unpaired) electrons. The fourth-order valence-corrected chi connectivity index (χ4v) is 2.89. The van der Waals surface area contributed by atoms with E-state index in [-0.39, 0.29) is 16.7 Å². The van der Waals surface area contributed by atoms with Crippen molar-refractivity contribution in [1.82, 2.24) is 5.32 Å². The summed E-state index contributed by atoms with van der Waals surface area (Å²) in [5.74, 6) is -3.62. The number of carboxylic acids is 1.